The van der Waals surface area contributed by atoms with Gasteiger partial charge in [0.15, 0.2) is 6.10 Å². The summed E-state index contributed by atoms with van der Waals surface area (Å²) in [7, 11) is 0. The van der Waals surface area contributed by atoms with Crippen molar-refractivity contribution < 1.29 is 19.1 Å². The number of nitriles is 1. The van der Waals surface area contributed by atoms with E-state index in [1.54, 1.807) is 54.6 Å². The summed E-state index contributed by atoms with van der Waals surface area (Å²) in [5.41, 5.74) is 1.08. The summed E-state index contributed by atoms with van der Waals surface area (Å²) in [6, 6.07) is 24.2. The molecule has 1 N–H and O–H groups in total. The van der Waals surface area contributed by atoms with E-state index in [0.717, 1.165) is 0 Å². The van der Waals surface area contributed by atoms with E-state index in [1.165, 1.54) is 13.0 Å². The van der Waals surface area contributed by atoms with Crippen molar-refractivity contribution >= 4 is 17.6 Å². The Morgan fingerprint density at radius 1 is 0.966 bits per heavy atom. The molecule has 3 rings (SSSR count). The third-order valence-electron chi connectivity index (χ3n) is 3.99. The number of esters is 1. The number of rotatable bonds is 6. The molecule has 3 aromatic carbocycles. The second-order valence-corrected chi connectivity index (χ2v) is 6.14. The van der Waals surface area contributed by atoms with Crippen LogP contribution in [0.5, 0.6) is 11.5 Å². The van der Waals surface area contributed by atoms with Gasteiger partial charge in [0.05, 0.1) is 11.6 Å². The highest BCUT2D eigenvalue weighted by Crippen LogP contribution is 2.26. The van der Waals surface area contributed by atoms with E-state index in [2.05, 4.69) is 5.32 Å². The monoisotopic (exact) mass is 386 g/mol. The van der Waals surface area contributed by atoms with Crippen LogP contribution in [0.3, 0.4) is 0 Å². The zero-order valence-electron chi connectivity index (χ0n) is 15.7. The van der Waals surface area contributed by atoms with Gasteiger partial charge in [-0.2, -0.15) is 5.26 Å². The molecule has 0 bridgehead atoms. The fourth-order valence-electron chi connectivity index (χ4n) is 2.53. The number of hydrogen-bond acceptors (Lipinski definition) is 5. The summed E-state index contributed by atoms with van der Waals surface area (Å²) >= 11 is 0. The summed E-state index contributed by atoms with van der Waals surface area (Å²) in [6.45, 7) is 1.47. The first-order valence-electron chi connectivity index (χ1n) is 8.91. The van der Waals surface area contributed by atoms with Gasteiger partial charge in [-0.25, -0.2) is 4.79 Å². The Morgan fingerprint density at radius 3 is 2.45 bits per heavy atom. The first-order valence-corrected chi connectivity index (χ1v) is 8.91. The van der Waals surface area contributed by atoms with Gasteiger partial charge >= 0.3 is 5.97 Å². The van der Waals surface area contributed by atoms with Crippen molar-refractivity contribution in [3.63, 3.8) is 0 Å². The van der Waals surface area contributed by atoms with Crippen LogP contribution in [0.25, 0.3) is 0 Å². The fraction of sp³-hybridized carbons (Fsp3) is 0.0870. The van der Waals surface area contributed by atoms with Crippen molar-refractivity contribution in [1.29, 1.82) is 5.26 Å². The van der Waals surface area contributed by atoms with Crippen LogP contribution in [0.15, 0.2) is 78.9 Å². The largest absolute Gasteiger partial charge is 0.456 e. The average Bonchev–Trinajstić information content (AvgIpc) is 2.75. The zero-order valence-corrected chi connectivity index (χ0v) is 15.7. The zero-order chi connectivity index (χ0) is 20.6. The lowest BCUT2D eigenvalue weighted by molar-refractivity contribution is -0.123. The minimum Gasteiger partial charge on any atom is -0.456 e. The Bertz CT molecular complexity index is 1060. The van der Waals surface area contributed by atoms with E-state index in [1.807, 2.05) is 24.3 Å². The molecule has 0 radical (unpaired) electrons. The summed E-state index contributed by atoms with van der Waals surface area (Å²) in [6.07, 6.45) is -1.04. The van der Waals surface area contributed by atoms with Crippen LogP contribution in [0.2, 0.25) is 0 Å². The number of nitrogens with one attached hydrogen (secondary N) is 1. The minimum atomic E-state index is -1.04. The van der Waals surface area contributed by atoms with E-state index in [9.17, 15) is 9.59 Å². The molecule has 3 aromatic rings. The van der Waals surface area contributed by atoms with Crippen molar-refractivity contribution in [3.8, 4) is 17.6 Å². The lowest BCUT2D eigenvalue weighted by atomic mass is 10.2. The second kappa shape index (κ2) is 9.20. The van der Waals surface area contributed by atoms with Crippen LogP contribution in [0.4, 0.5) is 5.69 Å². The van der Waals surface area contributed by atoms with Crippen LogP contribution in [-0.4, -0.2) is 18.0 Å². The van der Waals surface area contributed by atoms with Crippen molar-refractivity contribution in [1.82, 2.24) is 0 Å². The number of ether oxygens (including phenoxy) is 2. The van der Waals surface area contributed by atoms with E-state index < -0.39 is 18.0 Å². The number of para-hydroxylation sites is 2. The quantitative estimate of drug-likeness (QED) is 0.629. The molecule has 144 valence electrons. The van der Waals surface area contributed by atoms with E-state index in [0.29, 0.717) is 22.7 Å². The first kappa shape index (κ1) is 19.6. The lowest BCUT2D eigenvalue weighted by Crippen LogP contribution is -2.30. The normalized spacial score (nSPS) is 11.0. The molecule has 0 aliphatic carbocycles. The molecule has 1 amide bonds. The topological polar surface area (TPSA) is 88.4 Å². The summed E-state index contributed by atoms with van der Waals surface area (Å²) in [5, 5.41) is 11.6. The van der Waals surface area contributed by atoms with Crippen LogP contribution >= 0.6 is 0 Å². The van der Waals surface area contributed by atoms with Gasteiger partial charge in [-0.05, 0) is 49.4 Å². The van der Waals surface area contributed by atoms with E-state index >= 15 is 0 Å². The third kappa shape index (κ3) is 5.21. The second-order valence-electron chi connectivity index (χ2n) is 6.14. The molecule has 0 heterocycles. The maximum Gasteiger partial charge on any atom is 0.342 e. The number of carbonyl (C=O) groups excluding carboxylic acids is 2. The summed E-state index contributed by atoms with van der Waals surface area (Å²) in [5.74, 6) is -0.270. The van der Waals surface area contributed by atoms with Gasteiger partial charge in [0.2, 0.25) is 0 Å². The molecule has 29 heavy (non-hydrogen) atoms. The van der Waals surface area contributed by atoms with Crippen molar-refractivity contribution in [2.24, 2.45) is 0 Å². The molecular weight excluding hydrogens is 368 g/mol. The average molecular weight is 386 g/mol. The molecule has 0 aliphatic rings. The highest BCUT2D eigenvalue weighted by molar-refractivity contribution is 5.98. The highest BCUT2D eigenvalue weighted by atomic mass is 16.5. The van der Waals surface area contributed by atoms with Crippen LogP contribution in [-0.2, 0) is 9.53 Å². The van der Waals surface area contributed by atoms with Gasteiger partial charge in [0, 0.05) is 5.69 Å². The molecule has 0 aliphatic heterocycles. The standard InChI is InChI=1S/C23H18N2O4/c1-16(22(26)25-18-9-7-8-17(14-18)15-24)28-23(27)20-12-5-6-13-21(20)29-19-10-3-2-4-11-19/h2-14,16H,1H3,(H,25,26). The Balaban J connectivity index is 1.68. The van der Waals surface area contributed by atoms with Gasteiger partial charge < -0.3 is 14.8 Å². The molecule has 6 heteroatoms. The van der Waals surface area contributed by atoms with Gasteiger partial charge in [-0.3, -0.25) is 4.79 Å². The Labute approximate surface area is 168 Å². The minimum absolute atomic E-state index is 0.211. The lowest BCUT2D eigenvalue weighted by Gasteiger charge is -2.15. The Hall–Kier alpha value is -4.11. The molecule has 0 aromatic heterocycles. The number of nitrogens with zero attached hydrogens (tertiary/aromatic N) is 1. The van der Waals surface area contributed by atoms with Gasteiger partial charge in [-0.1, -0.05) is 36.4 Å². The first-order chi connectivity index (χ1) is 14.1. The number of benzene rings is 3. The molecule has 0 saturated carbocycles. The van der Waals surface area contributed by atoms with Gasteiger partial charge in [-0.15, -0.1) is 0 Å². The fourth-order valence-corrected chi connectivity index (χ4v) is 2.53. The molecule has 6 nitrogen and oxygen atoms in total. The third-order valence-corrected chi connectivity index (χ3v) is 3.99. The van der Waals surface area contributed by atoms with Crippen molar-refractivity contribution in [3.05, 3.63) is 90.0 Å². The van der Waals surface area contributed by atoms with Crippen LogP contribution < -0.4 is 10.1 Å². The molecule has 0 fully saturated rings. The SMILES string of the molecule is CC(OC(=O)c1ccccc1Oc1ccccc1)C(=O)Nc1cccc(C#N)c1. The smallest absolute Gasteiger partial charge is 0.342 e. The molecule has 1 unspecified atom stereocenters. The molecule has 0 spiro atoms. The number of anilines is 1. The van der Waals surface area contributed by atoms with Gasteiger partial charge in [0.25, 0.3) is 5.91 Å². The molecule has 0 saturated heterocycles. The number of hydrogen-bond donors (Lipinski definition) is 1. The Morgan fingerprint density at radius 2 is 1.69 bits per heavy atom. The maximum absolute atomic E-state index is 12.6. The van der Waals surface area contributed by atoms with E-state index in [4.69, 9.17) is 14.7 Å². The predicted molar refractivity (Wildman–Crippen MR) is 108 cm³/mol. The van der Waals surface area contributed by atoms with Crippen LogP contribution in [0.1, 0.15) is 22.8 Å². The molecule has 1 atom stereocenters. The maximum atomic E-state index is 12.6. The van der Waals surface area contributed by atoms with Crippen molar-refractivity contribution in [2.45, 2.75) is 13.0 Å². The van der Waals surface area contributed by atoms with Crippen LogP contribution in [0, 0.1) is 11.3 Å². The number of carbonyl (C=O) groups is 2. The number of amides is 1. The predicted octanol–water partition coefficient (Wildman–Crippen LogP) is 4.53. The van der Waals surface area contributed by atoms with Crippen molar-refractivity contribution in [2.75, 3.05) is 5.32 Å². The van der Waals surface area contributed by atoms with Gasteiger partial charge in [0.1, 0.15) is 17.1 Å². The highest BCUT2D eigenvalue weighted by Gasteiger charge is 2.21. The Kier molecular flexibility index (Phi) is 6.23. The summed E-state index contributed by atoms with van der Waals surface area (Å²) in [4.78, 5) is 25.0. The molecular formula is C23H18N2O4. The van der Waals surface area contributed by atoms with E-state index in [-0.39, 0.29) is 5.56 Å². The summed E-state index contributed by atoms with van der Waals surface area (Å²) < 4.78 is 11.1.